The van der Waals surface area contributed by atoms with Gasteiger partial charge >= 0.3 is 6.03 Å². The second kappa shape index (κ2) is 6.97. The number of carbonyl (C=O) groups is 2. The standard InChI is InChI=1S/C15H23N5O3/c1-11-17-13(23-18-11)5-2-6-14(21)19-8-3-4-12(10-19)20-9-7-16-15(20)22/h12H,2-10H2,1H3,(H,16,22)/t12-/m0/s1. The van der Waals surface area contributed by atoms with Crippen molar-refractivity contribution in [2.45, 2.75) is 45.1 Å². The molecular formula is C15H23N5O3. The Morgan fingerprint density at radius 3 is 3.00 bits per heavy atom. The van der Waals surface area contributed by atoms with E-state index in [1.807, 2.05) is 9.80 Å². The number of aryl methyl sites for hydroxylation is 2. The number of nitrogens with zero attached hydrogens (tertiary/aromatic N) is 4. The van der Waals surface area contributed by atoms with Gasteiger partial charge in [-0.2, -0.15) is 4.98 Å². The summed E-state index contributed by atoms with van der Waals surface area (Å²) in [4.78, 5) is 32.0. The van der Waals surface area contributed by atoms with Crippen molar-refractivity contribution in [3.05, 3.63) is 11.7 Å². The summed E-state index contributed by atoms with van der Waals surface area (Å²) < 4.78 is 5.05. The topological polar surface area (TPSA) is 91.6 Å². The van der Waals surface area contributed by atoms with Crippen LogP contribution in [0.4, 0.5) is 4.79 Å². The van der Waals surface area contributed by atoms with Crippen LogP contribution in [0.3, 0.4) is 0 Å². The molecule has 0 spiro atoms. The number of urea groups is 1. The maximum atomic E-state index is 12.4. The molecule has 1 N–H and O–H groups in total. The molecule has 0 aliphatic carbocycles. The lowest BCUT2D eigenvalue weighted by molar-refractivity contribution is -0.133. The van der Waals surface area contributed by atoms with Gasteiger partial charge in [-0.15, -0.1) is 0 Å². The van der Waals surface area contributed by atoms with Crippen LogP contribution in [0.15, 0.2) is 4.52 Å². The Bertz CT molecular complexity index is 573. The highest BCUT2D eigenvalue weighted by atomic mass is 16.5. The van der Waals surface area contributed by atoms with E-state index < -0.39 is 0 Å². The fraction of sp³-hybridized carbons (Fsp3) is 0.733. The van der Waals surface area contributed by atoms with E-state index in [9.17, 15) is 9.59 Å². The monoisotopic (exact) mass is 321 g/mol. The number of likely N-dealkylation sites (tertiary alicyclic amines) is 1. The second-order valence-electron chi connectivity index (χ2n) is 6.15. The van der Waals surface area contributed by atoms with E-state index in [0.717, 1.165) is 25.9 Å². The summed E-state index contributed by atoms with van der Waals surface area (Å²) in [7, 11) is 0. The highest BCUT2D eigenvalue weighted by molar-refractivity contribution is 5.78. The van der Waals surface area contributed by atoms with E-state index in [2.05, 4.69) is 15.5 Å². The normalized spacial score (nSPS) is 21.6. The Morgan fingerprint density at radius 1 is 1.43 bits per heavy atom. The van der Waals surface area contributed by atoms with Gasteiger partial charge in [0.2, 0.25) is 11.8 Å². The Kier molecular flexibility index (Phi) is 4.78. The van der Waals surface area contributed by atoms with Crippen LogP contribution in [0.1, 0.15) is 37.4 Å². The van der Waals surface area contributed by atoms with Crippen LogP contribution in [0.25, 0.3) is 0 Å². The summed E-state index contributed by atoms with van der Waals surface area (Å²) in [6.07, 6.45) is 3.71. The molecule has 0 saturated carbocycles. The molecule has 3 rings (SSSR count). The van der Waals surface area contributed by atoms with Crippen molar-refractivity contribution in [3.63, 3.8) is 0 Å². The summed E-state index contributed by atoms with van der Waals surface area (Å²) in [5, 5.41) is 6.57. The molecule has 126 valence electrons. The fourth-order valence-corrected chi connectivity index (χ4v) is 3.26. The average molecular weight is 321 g/mol. The molecule has 1 aromatic rings. The van der Waals surface area contributed by atoms with Crippen LogP contribution in [-0.2, 0) is 11.2 Å². The molecular weight excluding hydrogens is 298 g/mol. The second-order valence-corrected chi connectivity index (χ2v) is 6.15. The molecule has 2 saturated heterocycles. The first-order valence-corrected chi connectivity index (χ1v) is 8.25. The largest absolute Gasteiger partial charge is 0.341 e. The third-order valence-corrected chi connectivity index (χ3v) is 4.43. The predicted octanol–water partition coefficient (Wildman–Crippen LogP) is 0.717. The SMILES string of the molecule is Cc1noc(CCCC(=O)N2CCC[C@H](N3CCNC3=O)C2)n1. The minimum Gasteiger partial charge on any atom is -0.341 e. The van der Waals surface area contributed by atoms with Gasteiger partial charge in [0.15, 0.2) is 5.82 Å². The van der Waals surface area contributed by atoms with Crippen LogP contribution < -0.4 is 5.32 Å². The molecule has 3 heterocycles. The Hall–Kier alpha value is -2.12. The molecule has 0 aromatic carbocycles. The van der Waals surface area contributed by atoms with E-state index in [1.54, 1.807) is 6.92 Å². The van der Waals surface area contributed by atoms with Crippen molar-refractivity contribution >= 4 is 11.9 Å². The predicted molar refractivity (Wildman–Crippen MR) is 81.7 cm³/mol. The number of amides is 3. The number of aromatic nitrogens is 2. The molecule has 0 unspecified atom stereocenters. The lowest BCUT2D eigenvalue weighted by Gasteiger charge is -2.37. The number of hydrogen-bond donors (Lipinski definition) is 1. The van der Waals surface area contributed by atoms with Gasteiger partial charge in [0, 0.05) is 39.0 Å². The Balaban J connectivity index is 1.46. The van der Waals surface area contributed by atoms with Crippen LogP contribution in [-0.4, -0.2) is 64.1 Å². The molecule has 2 aliphatic rings. The highest BCUT2D eigenvalue weighted by Gasteiger charge is 2.32. The van der Waals surface area contributed by atoms with Crippen LogP contribution >= 0.6 is 0 Å². The summed E-state index contributed by atoms with van der Waals surface area (Å²) in [6, 6.07) is 0.143. The summed E-state index contributed by atoms with van der Waals surface area (Å²) in [5.74, 6) is 1.35. The molecule has 8 nitrogen and oxygen atoms in total. The Labute approximate surface area is 135 Å². The maximum absolute atomic E-state index is 12.4. The summed E-state index contributed by atoms with van der Waals surface area (Å²) in [5.41, 5.74) is 0. The smallest absolute Gasteiger partial charge is 0.317 e. The molecule has 8 heteroatoms. The van der Waals surface area contributed by atoms with E-state index in [0.29, 0.717) is 44.1 Å². The quantitative estimate of drug-likeness (QED) is 0.862. The molecule has 1 atom stereocenters. The number of nitrogens with one attached hydrogen (secondary N) is 1. The number of hydrogen-bond acceptors (Lipinski definition) is 5. The molecule has 0 bridgehead atoms. The number of carbonyl (C=O) groups excluding carboxylic acids is 2. The van der Waals surface area contributed by atoms with Crippen molar-refractivity contribution < 1.29 is 14.1 Å². The zero-order chi connectivity index (χ0) is 16.2. The van der Waals surface area contributed by atoms with Crippen LogP contribution in [0.2, 0.25) is 0 Å². The average Bonchev–Trinajstić information content (AvgIpc) is 3.16. The molecule has 2 fully saturated rings. The third-order valence-electron chi connectivity index (χ3n) is 4.43. The molecule has 0 radical (unpaired) electrons. The van der Waals surface area contributed by atoms with Crippen LogP contribution in [0.5, 0.6) is 0 Å². The lowest BCUT2D eigenvalue weighted by Crippen LogP contribution is -2.50. The zero-order valence-corrected chi connectivity index (χ0v) is 13.5. The Morgan fingerprint density at radius 2 is 2.30 bits per heavy atom. The fourth-order valence-electron chi connectivity index (χ4n) is 3.26. The van der Waals surface area contributed by atoms with Crippen molar-refractivity contribution in [1.82, 2.24) is 25.3 Å². The van der Waals surface area contributed by atoms with Crippen molar-refractivity contribution in [2.24, 2.45) is 0 Å². The van der Waals surface area contributed by atoms with E-state index in [1.165, 1.54) is 0 Å². The van der Waals surface area contributed by atoms with Gasteiger partial charge in [-0.1, -0.05) is 5.16 Å². The lowest BCUT2D eigenvalue weighted by atomic mass is 10.0. The molecule has 23 heavy (non-hydrogen) atoms. The van der Waals surface area contributed by atoms with Gasteiger partial charge < -0.3 is 19.6 Å². The van der Waals surface area contributed by atoms with Crippen molar-refractivity contribution in [3.8, 4) is 0 Å². The van der Waals surface area contributed by atoms with Gasteiger partial charge in [0.05, 0.1) is 6.04 Å². The van der Waals surface area contributed by atoms with Crippen LogP contribution in [0, 0.1) is 6.92 Å². The third kappa shape index (κ3) is 3.80. The van der Waals surface area contributed by atoms with Gasteiger partial charge in [-0.3, -0.25) is 4.79 Å². The van der Waals surface area contributed by atoms with Gasteiger partial charge in [0.25, 0.3) is 0 Å². The summed E-state index contributed by atoms with van der Waals surface area (Å²) >= 11 is 0. The summed E-state index contributed by atoms with van der Waals surface area (Å²) in [6.45, 7) is 4.64. The van der Waals surface area contributed by atoms with E-state index in [4.69, 9.17) is 4.52 Å². The minimum absolute atomic E-state index is 0.00365. The van der Waals surface area contributed by atoms with E-state index in [-0.39, 0.29) is 18.0 Å². The van der Waals surface area contributed by atoms with Gasteiger partial charge in [0.1, 0.15) is 0 Å². The highest BCUT2D eigenvalue weighted by Crippen LogP contribution is 2.18. The van der Waals surface area contributed by atoms with Crippen molar-refractivity contribution in [1.29, 1.82) is 0 Å². The zero-order valence-electron chi connectivity index (χ0n) is 13.5. The molecule has 1 aromatic heterocycles. The minimum atomic E-state index is -0.00365. The van der Waals surface area contributed by atoms with Gasteiger partial charge in [-0.05, 0) is 26.2 Å². The number of piperidine rings is 1. The molecule has 2 aliphatic heterocycles. The first-order valence-electron chi connectivity index (χ1n) is 8.25. The first-order chi connectivity index (χ1) is 11.1. The molecule has 3 amide bonds. The van der Waals surface area contributed by atoms with E-state index >= 15 is 0 Å². The van der Waals surface area contributed by atoms with Crippen molar-refractivity contribution in [2.75, 3.05) is 26.2 Å². The number of rotatable bonds is 5. The van der Waals surface area contributed by atoms with Gasteiger partial charge in [-0.25, -0.2) is 4.79 Å². The maximum Gasteiger partial charge on any atom is 0.317 e. The first kappa shape index (κ1) is 15.8.